The molecule has 0 amide bonds. The molecule has 0 bridgehead atoms. The molecule has 1 heterocycles. The zero-order valence-corrected chi connectivity index (χ0v) is 11.0. The first-order chi connectivity index (χ1) is 8.06. The molecule has 0 aliphatic carbocycles. The summed E-state index contributed by atoms with van der Waals surface area (Å²) in [5.41, 5.74) is 8.00. The van der Waals surface area contributed by atoms with Crippen molar-refractivity contribution in [3.63, 3.8) is 0 Å². The van der Waals surface area contributed by atoms with Crippen molar-refractivity contribution in [2.75, 3.05) is 0 Å². The molecule has 2 N–H and O–H groups in total. The van der Waals surface area contributed by atoms with Crippen LogP contribution >= 0.6 is 22.9 Å². The molecule has 0 spiro atoms. The molecular formula is C13H13ClFNS. The van der Waals surface area contributed by atoms with E-state index in [-0.39, 0.29) is 11.9 Å². The van der Waals surface area contributed by atoms with Gasteiger partial charge in [-0.3, -0.25) is 0 Å². The van der Waals surface area contributed by atoms with Crippen molar-refractivity contribution in [2.24, 2.45) is 5.73 Å². The largest absolute Gasteiger partial charge is 0.324 e. The Morgan fingerprint density at radius 1 is 1.35 bits per heavy atom. The summed E-state index contributed by atoms with van der Waals surface area (Å²) >= 11 is 7.40. The van der Waals surface area contributed by atoms with Gasteiger partial charge in [-0.25, -0.2) is 4.39 Å². The van der Waals surface area contributed by atoms with Crippen LogP contribution in [0.15, 0.2) is 30.3 Å². The molecule has 0 saturated carbocycles. The van der Waals surface area contributed by atoms with E-state index >= 15 is 0 Å². The highest BCUT2D eigenvalue weighted by atomic mass is 35.5. The monoisotopic (exact) mass is 269 g/mol. The first kappa shape index (κ1) is 12.6. The Hall–Kier alpha value is -0.900. The summed E-state index contributed by atoms with van der Waals surface area (Å²) in [6.45, 7) is 1.87. The van der Waals surface area contributed by atoms with Gasteiger partial charge in [-0.15, -0.1) is 11.3 Å². The minimum Gasteiger partial charge on any atom is -0.324 e. The highest BCUT2D eigenvalue weighted by molar-refractivity contribution is 7.16. The van der Waals surface area contributed by atoms with E-state index in [9.17, 15) is 4.39 Å². The van der Waals surface area contributed by atoms with E-state index in [1.807, 2.05) is 19.1 Å². The van der Waals surface area contributed by atoms with Crippen LogP contribution in [0.3, 0.4) is 0 Å². The fourth-order valence-corrected chi connectivity index (χ4v) is 2.99. The van der Waals surface area contributed by atoms with E-state index in [0.29, 0.717) is 0 Å². The Bertz CT molecular complexity index is 524. The van der Waals surface area contributed by atoms with Crippen molar-refractivity contribution in [2.45, 2.75) is 19.4 Å². The summed E-state index contributed by atoms with van der Waals surface area (Å²) in [6, 6.07) is 8.44. The Morgan fingerprint density at radius 2 is 2.12 bits per heavy atom. The summed E-state index contributed by atoms with van der Waals surface area (Å²) < 4.78 is 13.8. The molecule has 0 aliphatic rings. The molecule has 2 rings (SSSR count). The van der Waals surface area contributed by atoms with Crippen LogP contribution in [0.25, 0.3) is 0 Å². The number of halogens is 2. The molecule has 1 aromatic carbocycles. The Balaban J connectivity index is 2.17. The van der Waals surface area contributed by atoms with Gasteiger partial charge in [0.05, 0.1) is 4.34 Å². The van der Waals surface area contributed by atoms with E-state index in [1.165, 1.54) is 23.5 Å². The lowest BCUT2D eigenvalue weighted by Gasteiger charge is -2.13. The van der Waals surface area contributed by atoms with Crippen LogP contribution in [0.5, 0.6) is 0 Å². The van der Waals surface area contributed by atoms with E-state index in [1.54, 1.807) is 6.07 Å². The van der Waals surface area contributed by atoms with Crippen LogP contribution in [0.2, 0.25) is 4.34 Å². The number of thiophene rings is 1. The third-order valence-electron chi connectivity index (χ3n) is 2.68. The number of rotatable bonds is 3. The van der Waals surface area contributed by atoms with Gasteiger partial charge in [0, 0.05) is 17.3 Å². The highest BCUT2D eigenvalue weighted by Crippen LogP contribution is 2.26. The normalized spacial score (nSPS) is 12.7. The van der Waals surface area contributed by atoms with Crippen LogP contribution in [0.4, 0.5) is 4.39 Å². The SMILES string of the molecule is Cc1cc(F)ccc1C(N)Cc1ccc(Cl)s1. The average Bonchev–Trinajstić information content (AvgIpc) is 2.63. The van der Waals surface area contributed by atoms with E-state index in [0.717, 1.165) is 26.8 Å². The Morgan fingerprint density at radius 3 is 2.71 bits per heavy atom. The number of aryl methyl sites for hydroxylation is 1. The lowest BCUT2D eigenvalue weighted by Crippen LogP contribution is -2.14. The van der Waals surface area contributed by atoms with Gasteiger partial charge in [-0.2, -0.15) is 0 Å². The zero-order chi connectivity index (χ0) is 12.4. The predicted octanol–water partition coefficient (Wildman–Crippen LogP) is 4.09. The summed E-state index contributed by atoms with van der Waals surface area (Å²) in [5, 5.41) is 0. The molecule has 4 heteroatoms. The van der Waals surface area contributed by atoms with Crippen molar-refractivity contribution < 1.29 is 4.39 Å². The lowest BCUT2D eigenvalue weighted by atomic mass is 9.99. The van der Waals surface area contributed by atoms with E-state index < -0.39 is 0 Å². The molecule has 90 valence electrons. The van der Waals surface area contributed by atoms with Crippen molar-refractivity contribution in [3.05, 3.63) is 56.5 Å². The van der Waals surface area contributed by atoms with Crippen molar-refractivity contribution in [1.82, 2.24) is 0 Å². The molecule has 1 atom stereocenters. The third kappa shape index (κ3) is 3.06. The summed E-state index contributed by atoms with van der Waals surface area (Å²) in [5.74, 6) is -0.224. The fourth-order valence-electron chi connectivity index (χ4n) is 1.84. The molecule has 0 radical (unpaired) electrons. The van der Waals surface area contributed by atoms with Crippen LogP contribution in [0.1, 0.15) is 22.0 Å². The quantitative estimate of drug-likeness (QED) is 0.892. The molecule has 0 aliphatic heterocycles. The number of nitrogens with two attached hydrogens (primary N) is 1. The van der Waals surface area contributed by atoms with Crippen molar-refractivity contribution >= 4 is 22.9 Å². The fraction of sp³-hybridized carbons (Fsp3) is 0.231. The van der Waals surface area contributed by atoms with Crippen molar-refractivity contribution in [1.29, 1.82) is 0 Å². The van der Waals surface area contributed by atoms with Gasteiger partial charge >= 0.3 is 0 Å². The van der Waals surface area contributed by atoms with Crippen LogP contribution < -0.4 is 5.73 Å². The third-order valence-corrected chi connectivity index (χ3v) is 3.93. The van der Waals surface area contributed by atoms with Gasteiger partial charge in [0.15, 0.2) is 0 Å². The molecule has 1 nitrogen and oxygen atoms in total. The number of hydrogen-bond acceptors (Lipinski definition) is 2. The molecule has 2 aromatic rings. The predicted molar refractivity (Wildman–Crippen MR) is 71.1 cm³/mol. The maximum absolute atomic E-state index is 13.0. The zero-order valence-electron chi connectivity index (χ0n) is 9.41. The van der Waals surface area contributed by atoms with Gasteiger partial charge < -0.3 is 5.73 Å². The maximum atomic E-state index is 13.0. The number of benzene rings is 1. The molecule has 1 unspecified atom stereocenters. The summed E-state index contributed by atoms with van der Waals surface area (Å²) in [4.78, 5) is 1.14. The molecule has 17 heavy (non-hydrogen) atoms. The minimum absolute atomic E-state index is 0.120. The molecule has 0 fully saturated rings. The first-order valence-corrected chi connectivity index (χ1v) is 6.51. The van der Waals surface area contributed by atoms with Crippen LogP contribution in [-0.2, 0) is 6.42 Å². The van der Waals surface area contributed by atoms with E-state index in [2.05, 4.69) is 0 Å². The summed E-state index contributed by atoms with van der Waals surface area (Å²) in [6.07, 6.45) is 0.726. The molecule has 1 aromatic heterocycles. The molecule has 0 saturated heterocycles. The Labute approximate surface area is 109 Å². The Kier molecular flexibility index (Phi) is 3.82. The summed E-state index contributed by atoms with van der Waals surface area (Å²) in [7, 11) is 0. The second kappa shape index (κ2) is 5.17. The second-order valence-electron chi connectivity index (χ2n) is 4.02. The molecular weight excluding hydrogens is 257 g/mol. The van der Waals surface area contributed by atoms with Crippen LogP contribution in [0, 0.1) is 12.7 Å². The lowest BCUT2D eigenvalue weighted by molar-refractivity contribution is 0.622. The average molecular weight is 270 g/mol. The van der Waals surface area contributed by atoms with Gasteiger partial charge in [0.2, 0.25) is 0 Å². The van der Waals surface area contributed by atoms with Gasteiger partial charge in [-0.05, 0) is 42.3 Å². The first-order valence-electron chi connectivity index (χ1n) is 5.32. The smallest absolute Gasteiger partial charge is 0.123 e. The van der Waals surface area contributed by atoms with Gasteiger partial charge in [0.1, 0.15) is 5.82 Å². The van der Waals surface area contributed by atoms with E-state index in [4.69, 9.17) is 17.3 Å². The minimum atomic E-state index is -0.224. The maximum Gasteiger partial charge on any atom is 0.123 e. The van der Waals surface area contributed by atoms with Gasteiger partial charge in [-0.1, -0.05) is 17.7 Å². The van der Waals surface area contributed by atoms with Crippen LogP contribution in [-0.4, -0.2) is 0 Å². The highest BCUT2D eigenvalue weighted by Gasteiger charge is 2.11. The van der Waals surface area contributed by atoms with Gasteiger partial charge in [0.25, 0.3) is 0 Å². The topological polar surface area (TPSA) is 26.0 Å². The number of hydrogen-bond donors (Lipinski definition) is 1. The standard InChI is InChI=1S/C13H13ClFNS/c1-8-6-9(15)2-4-11(8)12(16)7-10-3-5-13(14)17-10/h2-6,12H,7,16H2,1H3. The second-order valence-corrected chi connectivity index (χ2v) is 5.82. The van der Waals surface area contributed by atoms with Crippen molar-refractivity contribution in [3.8, 4) is 0 Å².